The SMILES string of the molecule is COc1ccccc1C(=O)N(Cc1ccc(N(C)C)cc1)CC1CCCO1. The van der Waals surface area contributed by atoms with Crippen LogP contribution in [0.25, 0.3) is 0 Å². The summed E-state index contributed by atoms with van der Waals surface area (Å²) in [5.41, 5.74) is 2.82. The first kappa shape index (κ1) is 19.2. The van der Waals surface area contributed by atoms with Gasteiger partial charge in [0.25, 0.3) is 5.91 Å². The van der Waals surface area contributed by atoms with Crippen LogP contribution < -0.4 is 9.64 Å². The van der Waals surface area contributed by atoms with Crippen molar-refractivity contribution in [3.8, 4) is 5.75 Å². The second-order valence-corrected chi connectivity index (χ2v) is 7.08. The summed E-state index contributed by atoms with van der Waals surface area (Å²) in [6.07, 6.45) is 2.15. The number of methoxy groups -OCH3 is 1. The van der Waals surface area contributed by atoms with Crippen LogP contribution in [0.15, 0.2) is 48.5 Å². The molecule has 0 spiro atoms. The lowest BCUT2D eigenvalue weighted by molar-refractivity contribution is 0.0505. The first-order valence-corrected chi connectivity index (χ1v) is 9.38. The van der Waals surface area contributed by atoms with Crippen LogP contribution in [0, 0.1) is 0 Å². The number of hydrogen-bond donors (Lipinski definition) is 0. The molecule has 144 valence electrons. The van der Waals surface area contributed by atoms with E-state index < -0.39 is 0 Å². The highest BCUT2D eigenvalue weighted by Gasteiger charge is 2.25. The number of carbonyl (C=O) groups excluding carboxylic acids is 1. The maximum absolute atomic E-state index is 13.3. The molecule has 1 saturated heterocycles. The van der Waals surface area contributed by atoms with Crippen LogP contribution >= 0.6 is 0 Å². The Morgan fingerprint density at radius 3 is 2.52 bits per heavy atom. The van der Waals surface area contributed by atoms with Crippen molar-refractivity contribution in [2.45, 2.75) is 25.5 Å². The Morgan fingerprint density at radius 1 is 1.15 bits per heavy atom. The van der Waals surface area contributed by atoms with Gasteiger partial charge in [-0.25, -0.2) is 0 Å². The third-order valence-corrected chi connectivity index (χ3v) is 4.90. The monoisotopic (exact) mass is 368 g/mol. The molecule has 5 nitrogen and oxygen atoms in total. The van der Waals surface area contributed by atoms with Crippen LogP contribution in [0.1, 0.15) is 28.8 Å². The van der Waals surface area contributed by atoms with Gasteiger partial charge in [0.2, 0.25) is 0 Å². The normalized spacial score (nSPS) is 16.2. The largest absolute Gasteiger partial charge is 0.496 e. The van der Waals surface area contributed by atoms with Crippen LogP contribution in [0.5, 0.6) is 5.75 Å². The number of para-hydroxylation sites is 1. The van der Waals surface area contributed by atoms with Gasteiger partial charge in [0, 0.05) is 39.5 Å². The number of rotatable bonds is 7. The molecular weight excluding hydrogens is 340 g/mol. The highest BCUT2D eigenvalue weighted by molar-refractivity contribution is 5.97. The predicted molar refractivity (Wildman–Crippen MR) is 107 cm³/mol. The van der Waals surface area contributed by atoms with E-state index in [9.17, 15) is 4.79 Å². The van der Waals surface area contributed by atoms with Gasteiger partial charge >= 0.3 is 0 Å². The molecule has 27 heavy (non-hydrogen) atoms. The lowest BCUT2D eigenvalue weighted by Crippen LogP contribution is -2.37. The van der Waals surface area contributed by atoms with Crippen molar-refractivity contribution in [1.29, 1.82) is 0 Å². The predicted octanol–water partition coefficient (Wildman–Crippen LogP) is 3.58. The van der Waals surface area contributed by atoms with E-state index in [1.54, 1.807) is 7.11 Å². The summed E-state index contributed by atoms with van der Waals surface area (Å²) in [6.45, 7) is 1.91. The number of amides is 1. The Kier molecular flexibility index (Phi) is 6.35. The van der Waals surface area contributed by atoms with Crippen molar-refractivity contribution < 1.29 is 14.3 Å². The lowest BCUT2D eigenvalue weighted by atomic mass is 10.1. The first-order valence-electron chi connectivity index (χ1n) is 9.38. The summed E-state index contributed by atoms with van der Waals surface area (Å²) in [5.74, 6) is 0.572. The van der Waals surface area contributed by atoms with Crippen molar-refractivity contribution in [2.75, 3.05) is 39.3 Å². The van der Waals surface area contributed by atoms with Crippen LogP contribution in [-0.4, -0.2) is 51.3 Å². The molecule has 1 heterocycles. The molecule has 0 aromatic heterocycles. The molecule has 5 heteroatoms. The van der Waals surface area contributed by atoms with E-state index in [0.29, 0.717) is 24.4 Å². The van der Waals surface area contributed by atoms with E-state index in [-0.39, 0.29) is 12.0 Å². The molecule has 3 rings (SSSR count). The fraction of sp³-hybridized carbons (Fsp3) is 0.409. The van der Waals surface area contributed by atoms with Crippen molar-refractivity contribution in [1.82, 2.24) is 4.90 Å². The van der Waals surface area contributed by atoms with Crippen molar-refractivity contribution in [3.63, 3.8) is 0 Å². The Labute approximate surface area is 161 Å². The third-order valence-electron chi connectivity index (χ3n) is 4.90. The van der Waals surface area contributed by atoms with Crippen molar-refractivity contribution in [2.24, 2.45) is 0 Å². The van der Waals surface area contributed by atoms with Gasteiger partial charge in [-0.2, -0.15) is 0 Å². The molecule has 2 aromatic carbocycles. The average Bonchev–Trinajstić information content (AvgIpc) is 3.20. The topological polar surface area (TPSA) is 42.0 Å². The summed E-state index contributed by atoms with van der Waals surface area (Å²) in [5, 5.41) is 0. The Hall–Kier alpha value is -2.53. The van der Waals surface area contributed by atoms with E-state index in [2.05, 4.69) is 29.2 Å². The van der Waals surface area contributed by atoms with Gasteiger partial charge in [-0.3, -0.25) is 4.79 Å². The number of benzene rings is 2. The van der Waals surface area contributed by atoms with Crippen molar-refractivity contribution in [3.05, 3.63) is 59.7 Å². The van der Waals surface area contributed by atoms with Crippen LogP contribution in [0.3, 0.4) is 0 Å². The number of carbonyl (C=O) groups is 1. The van der Waals surface area contributed by atoms with Crippen LogP contribution in [-0.2, 0) is 11.3 Å². The fourth-order valence-corrected chi connectivity index (χ4v) is 3.36. The second-order valence-electron chi connectivity index (χ2n) is 7.08. The molecule has 0 radical (unpaired) electrons. The number of ether oxygens (including phenoxy) is 2. The molecule has 0 aliphatic carbocycles. The molecule has 1 aliphatic heterocycles. The first-order chi connectivity index (χ1) is 13.1. The Bertz CT molecular complexity index is 752. The molecule has 1 fully saturated rings. The zero-order valence-corrected chi connectivity index (χ0v) is 16.4. The Balaban J connectivity index is 1.82. The number of hydrogen-bond acceptors (Lipinski definition) is 4. The van der Waals surface area contributed by atoms with E-state index in [4.69, 9.17) is 9.47 Å². The molecule has 1 aliphatic rings. The van der Waals surface area contributed by atoms with E-state index in [1.165, 1.54) is 0 Å². The van der Waals surface area contributed by atoms with Gasteiger partial charge in [0.1, 0.15) is 5.75 Å². The molecular formula is C22H28N2O3. The molecule has 0 N–H and O–H groups in total. The summed E-state index contributed by atoms with van der Waals surface area (Å²) >= 11 is 0. The van der Waals surface area contributed by atoms with Gasteiger partial charge in [0.15, 0.2) is 0 Å². The van der Waals surface area contributed by atoms with E-state index in [0.717, 1.165) is 30.7 Å². The standard InChI is InChI=1S/C22H28N2O3/c1-23(2)18-12-10-17(11-13-18)15-24(16-19-7-6-14-27-19)22(25)20-8-4-5-9-21(20)26-3/h4-5,8-13,19H,6-7,14-16H2,1-3H3. The van der Waals surface area contributed by atoms with Crippen molar-refractivity contribution >= 4 is 11.6 Å². The van der Waals surface area contributed by atoms with Gasteiger partial charge in [-0.15, -0.1) is 0 Å². The van der Waals surface area contributed by atoms with Gasteiger partial charge in [-0.05, 0) is 42.7 Å². The zero-order chi connectivity index (χ0) is 19.2. The molecule has 2 aromatic rings. The number of anilines is 1. The highest BCUT2D eigenvalue weighted by atomic mass is 16.5. The summed E-state index contributed by atoms with van der Waals surface area (Å²) in [7, 11) is 5.63. The van der Waals surface area contributed by atoms with Crippen LogP contribution in [0.2, 0.25) is 0 Å². The molecule has 1 amide bonds. The minimum atomic E-state index is -0.0281. The van der Waals surface area contributed by atoms with Gasteiger partial charge in [-0.1, -0.05) is 24.3 Å². The summed E-state index contributed by atoms with van der Waals surface area (Å²) in [6, 6.07) is 15.7. The third kappa shape index (κ3) is 4.80. The quantitative estimate of drug-likeness (QED) is 0.749. The average molecular weight is 368 g/mol. The highest BCUT2D eigenvalue weighted by Crippen LogP contribution is 2.23. The lowest BCUT2D eigenvalue weighted by Gasteiger charge is -2.26. The maximum Gasteiger partial charge on any atom is 0.258 e. The van der Waals surface area contributed by atoms with E-state index >= 15 is 0 Å². The summed E-state index contributed by atoms with van der Waals surface area (Å²) in [4.78, 5) is 17.2. The van der Waals surface area contributed by atoms with Gasteiger partial charge in [0.05, 0.1) is 18.8 Å². The zero-order valence-electron chi connectivity index (χ0n) is 16.4. The second kappa shape index (κ2) is 8.91. The molecule has 0 saturated carbocycles. The Morgan fingerprint density at radius 2 is 1.89 bits per heavy atom. The number of nitrogens with zero attached hydrogens (tertiary/aromatic N) is 2. The minimum absolute atomic E-state index is 0.0281. The molecule has 1 atom stereocenters. The maximum atomic E-state index is 13.3. The minimum Gasteiger partial charge on any atom is -0.496 e. The van der Waals surface area contributed by atoms with Crippen LogP contribution in [0.4, 0.5) is 5.69 Å². The smallest absolute Gasteiger partial charge is 0.258 e. The van der Waals surface area contributed by atoms with Gasteiger partial charge < -0.3 is 19.3 Å². The molecule has 0 bridgehead atoms. The molecule has 1 unspecified atom stereocenters. The fourth-order valence-electron chi connectivity index (χ4n) is 3.36. The summed E-state index contributed by atoms with van der Waals surface area (Å²) < 4.78 is 11.2. The van der Waals surface area contributed by atoms with E-state index in [1.807, 2.05) is 43.3 Å².